The molecule has 1 atom stereocenters. The number of rotatable bonds is 2. The summed E-state index contributed by atoms with van der Waals surface area (Å²) < 4.78 is 38.7. The van der Waals surface area contributed by atoms with E-state index >= 15 is 0 Å². The minimum Gasteiger partial charge on any atom is -0.384 e. The van der Waals surface area contributed by atoms with Crippen molar-refractivity contribution in [1.82, 2.24) is 0 Å². The standard InChI is InChI=1S/C15H10F3NO/c16-15(17,18)13-4-2-1-3-12(13)14(20)11-7-5-10(9-19)6-8-11/h1-8,14,20H. The van der Waals surface area contributed by atoms with E-state index in [1.807, 2.05) is 6.07 Å². The molecule has 0 saturated carbocycles. The van der Waals surface area contributed by atoms with Crippen molar-refractivity contribution in [2.45, 2.75) is 12.3 Å². The van der Waals surface area contributed by atoms with Gasteiger partial charge in [0.2, 0.25) is 0 Å². The first-order chi connectivity index (χ1) is 9.43. The third-order valence-corrected chi connectivity index (χ3v) is 2.92. The van der Waals surface area contributed by atoms with Crippen LogP contribution in [-0.4, -0.2) is 5.11 Å². The first-order valence-electron chi connectivity index (χ1n) is 5.77. The van der Waals surface area contributed by atoms with Crippen LogP contribution in [0, 0.1) is 11.3 Å². The van der Waals surface area contributed by atoms with Crippen molar-refractivity contribution in [1.29, 1.82) is 5.26 Å². The van der Waals surface area contributed by atoms with Crippen molar-refractivity contribution < 1.29 is 18.3 Å². The van der Waals surface area contributed by atoms with Crippen LogP contribution >= 0.6 is 0 Å². The smallest absolute Gasteiger partial charge is 0.384 e. The van der Waals surface area contributed by atoms with Gasteiger partial charge in [-0.3, -0.25) is 0 Å². The Bertz CT molecular complexity index is 641. The van der Waals surface area contributed by atoms with Gasteiger partial charge >= 0.3 is 6.18 Å². The molecule has 1 unspecified atom stereocenters. The molecule has 1 N–H and O–H groups in total. The molecule has 2 rings (SSSR count). The van der Waals surface area contributed by atoms with Gasteiger partial charge in [0.25, 0.3) is 0 Å². The van der Waals surface area contributed by atoms with E-state index in [0.29, 0.717) is 11.1 Å². The third-order valence-electron chi connectivity index (χ3n) is 2.92. The van der Waals surface area contributed by atoms with Crippen LogP contribution in [0.1, 0.15) is 28.4 Å². The lowest BCUT2D eigenvalue weighted by Crippen LogP contribution is -2.12. The van der Waals surface area contributed by atoms with Crippen molar-refractivity contribution >= 4 is 0 Å². The van der Waals surface area contributed by atoms with Crippen molar-refractivity contribution in [3.8, 4) is 6.07 Å². The van der Waals surface area contributed by atoms with Crippen molar-refractivity contribution in [3.63, 3.8) is 0 Å². The highest BCUT2D eigenvalue weighted by molar-refractivity contribution is 5.39. The molecular formula is C15H10F3NO. The van der Waals surface area contributed by atoms with E-state index in [0.717, 1.165) is 6.07 Å². The fourth-order valence-corrected chi connectivity index (χ4v) is 1.91. The molecule has 102 valence electrons. The summed E-state index contributed by atoms with van der Waals surface area (Å²) in [6.07, 6.45) is -5.91. The van der Waals surface area contributed by atoms with E-state index in [-0.39, 0.29) is 5.56 Å². The molecule has 20 heavy (non-hydrogen) atoms. The second-order valence-electron chi connectivity index (χ2n) is 4.22. The van der Waals surface area contributed by atoms with Gasteiger partial charge in [-0.05, 0) is 29.3 Å². The van der Waals surface area contributed by atoms with Gasteiger partial charge in [-0.2, -0.15) is 18.4 Å². The zero-order chi connectivity index (χ0) is 14.8. The maximum absolute atomic E-state index is 12.9. The molecule has 2 nitrogen and oxygen atoms in total. The quantitative estimate of drug-likeness (QED) is 0.910. The highest BCUT2D eigenvalue weighted by atomic mass is 19.4. The minimum absolute atomic E-state index is 0.204. The topological polar surface area (TPSA) is 44.0 Å². The molecule has 0 bridgehead atoms. The van der Waals surface area contributed by atoms with Gasteiger partial charge in [-0.15, -0.1) is 0 Å². The lowest BCUT2D eigenvalue weighted by molar-refractivity contribution is -0.139. The Morgan fingerprint density at radius 3 is 2.15 bits per heavy atom. The van der Waals surface area contributed by atoms with Gasteiger partial charge in [-0.1, -0.05) is 30.3 Å². The fraction of sp³-hybridized carbons (Fsp3) is 0.133. The molecule has 2 aromatic carbocycles. The number of hydrogen-bond acceptors (Lipinski definition) is 2. The molecule has 0 aliphatic rings. The van der Waals surface area contributed by atoms with Gasteiger partial charge in [0, 0.05) is 0 Å². The monoisotopic (exact) mass is 277 g/mol. The predicted octanol–water partition coefficient (Wildman–Crippen LogP) is 3.66. The zero-order valence-electron chi connectivity index (χ0n) is 10.2. The number of alkyl halides is 3. The summed E-state index contributed by atoms with van der Waals surface area (Å²) in [6, 6.07) is 12.6. The van der Waals surface area contributed by atoms with Crippen molar-refractivity contribution in [3.05, 3.63) is 70.8 Å². The van der Waals surface area contributed by atoms with Crippen molar-refractivity contribution in [2.24, 2.45) is 0 Å². The number of benzene rings is 2. The van der Waals surface area contributed by atoms with E-state index in [1.54, 1.807) is 0 Å². The van der Waals surface area contributed by atoms with Gasteiger partial charge in [0.15, 0.2) is 0 Å². The number of nitriles is 1. The molecule has 0 saturated heterocycles. The van der Waals surface area contributed by atoms with Gasteiger partial charge in [0.1, 0.15) is 6.10 Å². The average molecular weight is 277 g/mol. The average Bonchev–Trinajstić information content (AvgIpc) is 2.46. The fourth-order valence-electron chi connectivity index (χ4n) is 1.91. The Hall–Kier alpha value is -2.32. The number of nitrogens with zero attached hydrogens (tertiary/aromatic N) is 1. The highest BCUT2D eigenvalue weighted by Crippen LogP contribution is 2.36. The second kappa shape index (κ2) is 5.35. The van der Waals surface area contributed by atoms with E-state index in [2.05, 4.69) is 0 Å². The Kier molecular flexibility index (Phi) is 3.77. The molecule has 0 amide bonds. The molecule has 2 aromatic rings. The van der Waals surface area contributed by atoms with Crippen LogP contribution in [-0.2, 0) is 6.18 Å². The summed E-state index contributed by atoms with van der Waals surface area (Å²) >= 11 is 0. The summed E-state index contributed by atoms with van der Waals surface area (Å²) in [5.74, 6) is 0. The van der Waals surface area contributed by atoms with Crippen LogP contribution in [0.4, 0.5) is 13.2 Å². The molecule has 0 aliphatic carbocycles. The van der Waals surface area contributed by atoms with Crippen LogP contribution in [0.25, 0.3) is 0 Å². The van der Waals surface area contributed by atoms with E-state index in [1.165, 1.54) is 42.5 Å². The molecular weight excluding hydrogens is 267 g/mol. The summed E-state index contributed by atoms with van der Waals surface area (Å²) in [5.41, 5.74) is -0.382. The molecule has 0 heterocycles. The maximum Gasteiger partial charge on any atom is 0.416 e. The molecule has 5 heteroatoms. The summed E-state index contributed by atoms with van der Waals surface area (Å²) in [4.78, 5) is 0. The zero-order valence-corrected chi connectivity index (χ0v) is 10.2. The summed E-state index contributed by atoms with van der Waals surface area (Å²) in [7, 11) is 0. The van der Waals surface area contributed by atoms with E-state index in [9.17, 15) is 18.3 Å². The number of hydrogen-bond donors (Lipinski definition) is 1. The molecule has 0 spiro atoms. The minimum atomic E-state index is -4.52. The molecule has 0 aromatic heterocycles. The molecule has 0 radical (unpaired) electrons. The predicted molar refractivity (Wildman–Crippen MR) is 66.7 cm³/mol. The van der Waals surface area contributed by atoms with Crippen LogP contribution in [0.3, 0.4) is 0 Å². The molecule has 0 aliphatic heterocycles. The normalized spacial score (nSPS) is 12.8. The van der Waals surface area contributed by atoms with Gasteiger partial charge in [0.05, 0.1) is 17.2 Å². The number of aliphatic hydroxyl groups is 1. The van der Waals surface area contributed by atoms with E-state index < -0.39 is 17.8 Å². The molecule has 0 fully saturated rings. The van der Waals surface area contributed by atoms with Crippen LogP contribution in [0.2, 0.25) is 0 Å². The SMILES string of the molecule is N#Cc1ccc(C(O)c2ccccc2C(F)(F)F)cc1. The second-order valence-corrected chi connectivity index (χ2v) is 4.22. The van der Waals surface area contributed by atoms with Gasteiger partial charge in [-0.25, -0.2) is 0 Å². The van der Waals surface area contributed by atoms with Crippen molar-refractivity contribution in [2.75, 3.05) is 0 Å². The Morgan fingerprint density at radius 1 is 1.00 bits per heavy atom. The Labute approximate surface area is 113 Å². The van der Waals surface area contributed by atoms with Crippen LogP contribution in [0.15, 0.2) is 48.5 Å². The number of aliphatic hydroxyl groups excluding tert-OH is 1. The Morgan fingerprint density at radius 2 is 1.60 bits per heavy atom. The largest absolute Gasteiger partial charge is 0.416 e. The first kappa shape index (κ1) is 14.1. The van der Waals surface area contributed by atoms with Crippen LogP contribution in [0.5, 0.6) is 0 Å². The van der Waals surface area contributed by atoms with Crippen LogP contribution < -0.4 is 0 Å². The highest BCUT2D eigenvalue weighted by Gasteiger charge is 2.34. The van der Waals surface area contributed by atoms with E-state index in [4.69, 9.17) is 5.26 Å². The lowest BCUT2D eigenvalue weighted by Gasteiger charge is -2.17. The summed E-state index contributed by atoms with van der Waals surface area (Å²) in [6.45, 7) is 0. The maximum atomic E-state index is 12.9. The lowest BCUT2D eigenvalue weighted by atomic mass is 9.96. The number of halogens is 3. The van der Waals surface area contributed by atoms with Gasteiger partial charge < -0.3 is 5.11 Å². The first-order valence-corrected chi connectivity index (χ1v) is 5.77. The Balaban J connectivity index is 2.43. The summed E-state index contributed by atoms with van der Waals surface area (Å²) in [5, 5.41) is 18.8. The third kappa shape index (κ3) is 2.81.